The van der Waals surface area contributed by atoms with Gasteiger partial charge in [-0.05, 0) is 56.5 Å². The number of thiol groups is 1. The normalized spacial score (nSPS) is 17.9. The van der Waals surface area contributed by atoms with E-state index in [1.165, 1.54) is 31.5 Å². The molecule has 1 aliphatic heterocycles. The molecule has 1 heterocycles. The Kier molecular flexibility index (Phi) is 4.95. The van der Waals surface area contributed by atoms with Crippen molar-refractivity contribution in [3.63, 3.8) is 0 Å². The maximum Gasteiger partial charge on any atom is 0.0478 e. The van der Waals surface area contributed by atoms with Gasteiger partial charge in [-0.2, -0.15) is 0 Å². The third-order valence-electron chi connectivity index (χ3n) is 3.71. The predicted octanol–water partition coefficient (Wildman–Crippen LogP) is 3.64. The van der Waals surface area contributed by atoms with E-state index in [9.17, 15) is 0 Å². The third kappa shape index (κ3) is 3.66. The molecule has 2 rings (SSSR count). The van der Waals surface area contributed by atoms with Gasteiger partial charge in [0.15, 0.2) is 0 Å². The highest BCUT2D eigenvalue weighted by Gasteiger charge is 2.15. The monoisotopic (exact) mass is 264 g/mol. The lowest BCUT2D eigenvalue weighted by atomic mass is 9.99. The average Bonchev–Trinajstić information content (AvgIpc) is 2.37. The van der Waals surface area contributed by atoms with Crippen molar-refractivity contribution < 1.29 is 0 Å². The van der Waals surface area contributed by atoms with E-state index in [1.807, 2.05) is 0 Å². The number of hydrogen-bond acceptors (Lipinski definition) is 3. The van der Waals surface area contributed by atoms with Crippen LogP contribution in [0.3, 0.4) is 0 Å². The standard InChI is InChI=1S/C15H24N2S/c1-3-16-14-10-13(4-5-15(14)18)11-17-8-6-12(2)7-9-17/h4-5,10,12,16,18H,3,6-9,11H2,1-2H3. The summed E-state index contributed by atoms with van der Waals surface area (Å²) in [5.74, 6) is 0.901. The molecule has 3 heteroatoms. The fourth-order valence-corrected chi connectivity index (χ4v) is 2.71. The average molecular weight is 264 g/mol. The molecular formula is C15H24N2S. The van der Waals surface area contributed by atoms with Crippen molar-refractivity contribution in [2.75, 3.05) is 25.0 Å². The quantitative estimate of drug-likeness (QED) is 0.807. The van der Waals surface area contributed by atoms with Gasteiger partial charge in [0.25, 0.3) is 0 Å². The zero-order valence-corrected chi connectivity index (χ0v) is 12.3. The first kappa shape index (κ1) is 13.8. The second-order valence-electron chi connectivity index (χ2n) is 5.34. The zero-order valence-electron chi connectivity index (χ0n) is 11.4. The first-order valence-corrected chi connectivity index (χ1v) is 7.42. The number of rotatable bonds is 4. The number of piperidine rings is 1. The molecule has 0 amide bonds. The number of nitrogens with one attached hydrogen (secondary N) is 1. The minimum atomic E-state index is 0.901. The highest BCUT2D eigenvalue weighted by molar-refractivity contribution is 7.80. The van der Waals surface area contributed by atoms with E-state index in [1.54, 1.807) is 0 Å². The highest BCUT2D eigenvalue weighted by atomic mass is 32.1. The Balaban J connectivity index is 1.98. The second-order valence-corrected chi connectivity index (χ2v) is 5.82. The van der Waals surface area contributed by atoms with Gasteiger partial charge in [0.2, 0.25) is 0 Å². The summed E-state index contributed by atoms with van der Waals surface area (Å²) in [5, 5.41) is 3.37. The zero-order chi connectivity index (χ0) is 13.0. The molecule has 0 aliphatic carbocycles. The second kappa shape index (κ2) is 6.48. The lowest BCUT2D eigenvalue weighted by Crippen LogP contribution is -2.32. The van der Waals surface area contributed by atoms with Crippen LogP contribution in [0.1, 0.15) is 32.3 Å². The minimum Gasteiger partial charge on any atom is -0.384 e. The molecule has 18 heavy (non-hydrogen) atoms. The number of benzene rings is 1. The largest absolute Gasteiger partial charge is 0.384 e. The van der Waals surface area contributed by atoms with Gasteiger partial charge in [-0.25, -0.2) is 0 Å². The fraction of sp³-hybridized carbons (Fsp3) is 0.600. The molecule has 1 aromatic rings. The van der Waals surface area contributed by atoms with E-state index in [0.717, 1.165) is 29.6 Å². The SMILES string of the molecule is CCNc1cc(CN2CCC(C)CC2)ccc1S. The lowest BCUT2D eigenvalue weighted by Gasteiger charge is -2.30. The molecule has 0 spiro atoms. The molecular weight excluding hydrogens is 240 g/mol. The van der Waals surface area contributed by atoms with Gasteiger partial charge < -0.3 is 5.32 Å². The van der Waals surface area contributed by atoms with Crippen molar-refractivity contribution in [2.24, 2.45) is 5.92 Å². The van der Waals surface area contributed by atoms with E-state index in [4.69, 9.17) is 0 Å². The summed E-state index contributed by atoms with van der Waals surface area (Å²) in [6.45, 7) is 8.96. The number of likely N-dealkylation sites (tertiary alicyclic amines) is 1. The Morgan fingerprint density at radius 1 is 1.33 bits per heavy atom. The van der Waals surface area contributed by atoms with Crippen molar-refractivity contribution in [2.45, 2.75) is 38.1 Å². The summed E-state index contributed by atoms with van der Waals surface area (Å²) in [4.78, 5) is 3.59. The molecule has 0 radical (unpaired) electrons. The Bertz CT molecular complexity index is 384. The minimum absolute atomic E-state index is 0.901. The molecule has 1 N–H and O–H groups in total. The van der Waals surface area contributed by atoms with E-state index >= 15 is 0 Å². The highest BCUT2D eigenvalue weighted by Crippen LogP contribution is 2.23. The smallest absolute Gasteiger partial charge is 0.0478 e. The van der Waals surface area contributed by atoms with E-state index in [-0.39, 0.29) is 0 Å². The van der Waals surface area contributed by atoms with Crippen molar-refractivity contribution in [1.29, 1.82) is 0 Å². The van der Waals surface area contributed by atoms with Crippen LogP contribution < -0.4 is 5.32 Å². The summed E-state index contributed by atoms with van der Waals surface area (Å²) in [6, 6.07) is 6.54. The van der Waals surface area contributed by atoms with Crippen molar-refractivity contribution in [1.82, 2.24) is 4.90 Å². The van der Waals surface area contributed by atoms with Gasteiger partial charge in [0.05, 0.1) is 0 Å². The summed E-state index contributed by atoms with van der Waals surface area (Å²) in [7, 11) is 0. The van der Waals surface area contributed by atoms with Crippen LogP contribution in [0, 0.1) is 5.92 Å². The number of nitrogens with zero attached hydrogens (tertiary/aromatic N) is 1. The Morgan fingerprint density at radius 3 is 2.72 bits per heavy atom. The van der Waals surface area contributed by atoms with Crippen molar-refractivity contribution >= 4 is 18.3 Å². The van der Waals surface area contributed by atoms with Crippen LogP contribution in [0.25, 0.3) is 0 Å². The Hall–Kier alpha value is -0.670. The van der Waals surface area contributed by atoms with Crippen molar-refractivity contribution in [3.05, 3.63) is 23.8 Å². The van der Waals surface area contributed by atoms with Crippen LogP contribution in [0.15, 0.2) is 23.1 Å². The Morgan fingerprint density at radius 2 is 2.06 bits per heavy atom. The van der Waals surface area contributed by atoms with Crippen LogP contribution in [0.2, 0.25) is 0 Å². The number of hydrogen-bond donors (Lipinski definition) is 2. The summed E-state index contributed by atoms with van der Waals surface area (Å²) in [6.07, 6.45) is 2.68. The first-order chi connectivity index (χ1) is 8.69. The lowest BCUT2D eigenvalue weighted by molar-refractivity contribution is 0.185. The molecule has 0 unspecified atom stereocenters. The third-order valence-corrected chi connectivity index (χ3v) is 4.10. The van der Waals surface area contributed by atoms with E-state index in [0.29, 0.717) is 0 Å². The van der Waals surface area contributed by atoms with Gasteiger partial charge in [-0.3, -0.25) is 4.90 Å². The molecule has 0 aromatic heterocycles. The van der Waals surface area contributed by atoms with Crippen molar-refractivity contribution in [3.8, 4) is 0 Å². The van der Waals surface area contributed by atoms with Crippen LogP contribution in [-0.4, -0.2) is 24.5 Å². The number of anilines is 1. The molecule has 1 fully saturated rings. The summed E-state index contributed by atoms with van der Waals surface area (Å²) in [5.41, 5.74) is 2.54. The van der Waals surface area contributed by atoms with Gasteiger partial charge in [-0.1, -0.05) is 13.0 Å². The van der Waals surface area contributed by atoms with Gasteiger partial charge in [-0.15, -0.1) is 12.6 Å². The topological polar surface area (TPSA) is 15.3 Å². The predicted molar refractivity (Wildman–Crippen MR) is 81.5 cm³/mol. The molecule has 1 saturated heterocycles. The van der Waals surface area contributed by atoms with Crippen LogP contribution >= 0.6 is 12.6 Å². The molecule has 0 bridgehead atoms. The van der Waals surface area contributed by atoms with E-state index in [2.05, 4.69) is 54.9 Å². The van der Waals surface area contributed by atoms with Gasteiger partial charge in [0, 0.05) is 23.7 Å². The molecule has 2 nitrogen and oxygen atoms in total. The maximum atomic E-state index is 4.48. The molecule has 1 aliphatic rings. The van der Waals surface area contributed by atoms with E-state index < -0.39 is 0 Å². The van der Waals surface area contributed by atoms with Crippen LogP contribution in [0.4, 0.5) is 5.69 Å². The maximum absolute atomic E-state index is 4.48. The van der Waals surface area contributed by atoms with Crippen LogP contribution in [0.5, 0.6) is 0 Å². The Labute approximate surface area is 116 Å². The molecule has 0 saturated carbocycles. The molecule has 0 atom stereocenters. The molecule has 100 valence electrons. The molecule has 1 aromatic carbocycles. The van der Waals surface area contributed by atoms with Gasteiger partial charge >= 0.3 is 0 Å². The van der Waals surface area contributed by atoms with Crippen LogP contribution in [-0.2, 0) is 6.54 Å². The first-order valence-electron chi connectivity index (χ1n) is 6.97. The summed E-state index contributed by atoms with van der Waals surface area (Å²) < 4.78 is 0. The van der Waals surface area contributed by atoms with Gasteiger partial charge in [0.1, 0.15) is 0 Å². The summed E-state index contributed by atoms with van der Waals surface area (Å²) >= 11 is 4.48. The fourth-order valence-electron chi connectivity index (χ4n) is 2.49.